The summed E-state index contributed by atoms with van der Waals surface area (Å²) in [4.78, 5) is 0. The maximum Gasteiger partial charge on any atom is 0.149 e. The summed E-state index contributed by atoms with van der Waals surface area (Å²) in [6, 6.07) is 10.6. The minimum atomic E-state index is -0.464. The highest BCUT2D eigenvalue weighted by molar-refractivity contribution is 5.43. The first-order valence-corrected chi connectivity index (χ1v) is 6.56. The predicted molar refractivity (Wildman–Crippen MR) is 75.6 cm³/mol. The Morgan fingerprint density at radius 1 is 1.30 bits per heavy atom. The van der Waals surface area contributed by atoms with Crippen LogP contribution in [0.5, 0.6) is 11.5 Å². The topological polar surface area (TPSA) is 44.5 Å². The molecule has 0 bridgehead atoms. The highest BCUT2D eigenvalue weighted by Gasteiger charge is 2.23. The van der Waals surface area contributed by atoms with E-state index in [-0.39, 0.29) is 11.8 Å². The molecule has 1 unspecified atom stereocenters. The second-order valence-electron chi connectivity index (χ2n) is 5.05. The van der Waals surface area contributed by atoms with Gasteiger partial charge < -0.3 is 15.2 Å². The number of rotatable bonds is 3. The lowest BCUT2D eigenvalue weighted by molar-refractivity contribution is 0.148. The smallest absolute Gasteiger partial charge is 0.149 e. The number of nitrogen functional groups attached to an aromatic ring is 1. The molecule has 0 saturated heterocycles. The Hall–Kier alpha value is -2.23. The average molecular weight is 273 g/mol. The molecule has 3 nitrogen and oxygen atoms in total. The molecule has 1 atom stereocenters. The van der Waals surface area contributed by atoms with E-state index >= 15 is 0 Å². The van der Waals surface area contributed by atoms with Crippen LogP contribution in [-0.2, 0) is 6.42 Å². The van der Waals surface area contributed by atoms with Crippen molar-refractivity contribution in [1.82, 2.24) is 0 Å². The molecule has 20 heavy (non-hydrogen) atoms. The monoisotopic (exact) mass is 273 g/mol. The van der Waals surface area contributed by atoms with Gasteiger partial charge in [-0.1, -0.05) is 17.7 Å². The van der Waals surface area contributed by atoms with E-state index in [1.807, 2.05) is 12.1 Å². The summed E-state index contributed by atoms with van der Waals surface area (Å²) in [7, 11) is 0. The van der Waals surface area contributed by atoms with Gasteiger partial charge in [0, 0.05) is 12.5 Å². The van der Waals surface area contributed by atoms with Gasteiger partial charge in [-0.3, -0.25) is 0 Å². The third-order valence-electron chi connectivity index (χ3n) is 3.37. The number of halogens is 1. The van der Waals surface area contributed by atoms with Crippen LogP contribution in [0.3, 0.4) is 0 Å². The normalized spacial score (nSPS) is 16.6. The fraction of sp³-hybridized carbons (Fsp3) is 0.250. The quantitative estimate of drug-likeness (QED) is 0.874. The number of hydrogen-bond donors (Lipinski definition) is 1. The zero-order chi connectivity index (χ0) is 14.1. The lowest BCUT2D eigenvalue weighted by Crippen LogP contribution is -2.22. The van der Waals surface area contributed by atoms with Crippen molar-refractivity contribution in [3.63, 3.8) is 0 Å². The van der Waals surface area contributed by atoms with Crippen molar-refractivity contribution in [3.05, 3.63) is 53.3 Å². The fourth-order valence-electron chi connectivity index (χ4n) is 2.33. The van der Waals surface area contributed by atoms with E-state index in [0.717, 1.165) is 12.2 Å². The predicted octanol–water partition coefficient (Wildman–Crippen LogP) is 3.10. The molecule has 0 aliphatic carbocycles. The third-order valence-corrected chi connectivity index (χ3v) is 3.37. The highest BCUT2D eigenvalue weighted by atomic mass is 19.1. The van der Waals surface area contributed by atoms with Gasteiger partial charge in [0.2, 0.25) is 0 Å². The molecule has 2 N–H and O–H groups in total. The molecule has 0 aromatic heterocycles. The molecule has 1 aliphatic rings. The van der Waals surface area contributed by atoms with Gasteiger partial charge in [-0.2, -0.15) is 0 Å². The summed E-state index contributed by atoms with van der Waals surface area (Å²) in [5, 5.41) is 0. The first kappa shape index (κ1) is 12.8. The first-order valence-electron chi connectivity index (χ1n) is 6.56. The van der Waals surface area contributed by atoms with Crippen molar-refractivity contribution >= 4 is 5.69 Å². The van der Waals surface area contributed by atoms with Crippen molar-refractivity contribution in [3.8, 4) is 11.5 Å². The number of hydrogen-bond acceptors (Lipinski definition) is 3. The minimum Gasteiger partial charge on any atom is -0.490 e. The Morgan fingerprint density at radius 3 is 2.95 bits per heavy atom. The zero-order valence-electron chi connectivity index (χ0n) is 11.2. The van der Waals surface area contributed by atoms with Crippen molar-refractivity contribution in [2.24, 2.45) is 0 Å². The Bertz CT molecular complexity index is 642. The molecule has 0 spiro atoms. The standard InChI is InChI=1S/C16H16FNO2/c1-10-2-5-16-11(6-10)7-13(20-16)9-19-12-3-4-15(18)14(17)8-12/h2-6,8,13H,7,9,18H2,1H3. The maximum absolute atomic E-state index is 13.3. The number of anilines is 1. The number of aryl methyl sites for hydroxylation is 1. The van der Waals surface area contributed by atoms with Gasteiger partial charge in [-0.15, -0.1) is 0 Å². The van der Waals surface area contributed by atoms with Gasteiger partial charge in [0.05, 0.1) is 5.69 Å². The average Bonchev–Trinajstić information content (AvgIpc) is 2.82. The molecular formula is C16H16FNO2. The van der Waals surface area contributed by atoms with Crippen molar-refractivity contribution in [2.75, 3.05) is 12.3 Å². The summed E-state index contributed by atoms with van der Waals surface area (Å²) in [6.45, 7) is 2.44. The van der Waals surface area contributed by atoms with Crippen LogP contribution in [0.4, 0.5) is 10.1 Å². The first-order chi connectivity index (χ1) is 9.61. The Kier molecular flexibility index (Phi) is 3.22. The molecular weight excluding hydrogens is 257 g/mol. The molecule has 4 heteroatoms. The third kappa shape index (κ3) is 2.54. The lowest BCUT2D eigenvalue weighted by Gasteiger charge is -2.12. The molecule has 1 heterocycles. The molecule has 0 fully saturated rings. The van der Waals surface area contributed by atoms with Crippen LogP contribution in [0.25, 0.3) is 0 Å². The van der Waals surface area contributed by atoms with Crippen molar-refractivity contribution in [2.45, 2.75) is 19.4 Å². The Labute approximate surface area is 117 Å². The van der Waals surface area contributed by atoms with Crippen LogP contribution >= 0.6 is 0 Å². The molecule has 2 aromatic rings. The van der Waals surface area contributed by atoms with E-state index in [2.05, 4.69) is 13.0 Å². The molecule has 0 amide bonds. The van der Waals surface area contributed by atoms with Gasteiger partial charge in [0.15, 0.2) is 0 Å². The summed E-state index contributed by atoms with van der Waals surface area (Å²) < 4.78 is 24.7. The van der Waals surface area contributed by atoms with Crippen LogP contribution < -0.4 is 15.2 Å². The molecule has 0 saturated carbocycles. The van der Waals surface area contributed by atoms with Gasteiger partial charge in [-0.05, 0) is 30.7 Å². The van der Waals surface area contributed by atoms with Gasteiger partial charge in [-0.25, -0.2) is 4.39 Å². The Morgan fingerprint density at radius 2 is 2.15 bits per heavy atom. The molecule has 3 rings (SSSR count). The minimum absolute atomic E-state index is 0.0348. The van der Waals surface area contributed by atoms with Crippen LogP contribution in [0.15, 0.2) is 36.4 Å². The molecule has 0 radical (unpaired) electrons. The maximum atomic E-state index is 13.3. The number of benzene rings is 2. The van der Waals surface area contributed by atoms with Gasteiger partial charge >= 0.3 is 0 Å². The summed E-state index contributed by atoms with van der Waals surface area (Å²) >= 11 is 0. The SMILES string of the molecule is Cc1ccc2c(c1)CC(COc1ccc(N)c(F)c1)O2. The molecule has 2 aromatic carbocycles. The number of ether oxygens (including phenoxy) is 2. The fourth-order valence-corrected chi connectivity index (χ4v) is 2.33. The number of nitrogens with two attached hydrogens (primary N) is 1. The zero-order valence-corrected chi connectivity index (χ0v) is 11.2. The van der Waals surface area contributed by atoms with E-state index < -0.39 is 5.82 Å². The molecule has 104 valence electrons. The van der Waals surface area contributed by atoms with Gasteiger partial charge in [0.25, 0.3) is 0 Å². The van der Waals surface area contributed by atoms with E-state index in [1.54, 1.807) is 6.07 Å². The van der Waals surface area contributed by atoms with E-state index in [0.29, 0.717) is 12.4 Å². The van der Waals surface area contributed by atoms with Crippen LogP contribution in [0.1, 0.15) is 11.1 Å². The largest absolute Gasteiger partial charge is 0.490 e. The number of fused-ring (bicyclic) bond motifs is 1. The van der Waals surface area contributed by atoms with Crippen molar-refractivity contribution < 1.29 is 13.9 Å². The van der Waals surface area contributed by atoms with Gasteiger partial charge in [0.1, 0.15) is 30.0 Å². The second kappa shape index (κ2) is 5.04. The van der Waals surface area contributed by atoms with Crippen molar-refractivity contribution in [1.29, 1.82) is 0 Å². The van der Waals surface area contributed by atoms with E-state index in [1.165, 1.54) is 23.3 Å². The van der Waals surface area contributed by atoms with Crippen LogP contribution in [0, 0.1) is 12.7 Å². The summed E-state index contributed by atoms with van der Waals surface area (Å²) in [6.07, 6.45) is 0.779. The van der Waals surface area contributed by atoms with Crippen LogP contribution in [0.2, 0.25) is 0 Å². The summed E-state index contributed by atoms with van der Waals surface area (Å²) in [5.41, 5.74) is 7.96. The highest BCUT2D eigenvalue weighted by Crippen LogP contribution is 2.30. The molecule has 1 aliphatic heterocycles. The second-order valence-corrected chi connectivity index (χ2v) is 5.05. The van der Waals surface area contributed by atoms with E-state index in [9.17, 15) is 4.39 Å². The van der Waals surface area contributed by atoms with Crippen LogP contribution in [-0.4, -0.2) is 12.7 Å². The lowest BCUT2D eigenvalue weighted by atomic mass is 10.1. The summed E-state index contributed by atoms with van der Waals surface area (Å²) in [5.74, 6) is 0.911. The van der Waals surface area contributed by atoms with E-state index in [4.69, 9.17) is 15.2 Å². The Balaban J connectivity index is 1.62.